The van der Waals surface area contributed by atoms with Gasteiger partial charge in [0.2, 0.25) is 5.69 Å². The molecule has 104 valence electrons. The second-order valence-corrected chi connectivity index (χ2v) is 5.28. The average molecular weight is 277 g/mol. The zero-order valence-corrected chi connectivity index (χ0v) is 12.3. The third kappa shape index (κ3) is 2.59. The Morgan fingerprint density at radius 2 is 1.62 bits per heavy atom. The lowest BCUT2D eigenvalue weighted by Crippen LogP contribution is -2.30. The van der Waals surface area contributed by atoms with E-state index < -0.39 is 6.85 Å². The Kier molecular flexibility index (Phi) is 2.72. The summed E-state index contributed by atoms with van der Waals surface area (Å²) in [6.07, 6.45) is 1.99. The molecule has 0 fully saturated rings. The number of nitrogens with zero attached hydrogens (tertiary/aromatic N) is 1. The van der Waals surface area contributed by atoms with Gasteiger partial charge in [-0.3, -0.25) is 0 Å². The van der Waals surface area contributed by atoms with Crippen LogP contribution in [0.15, 0.2) is 66.9 Å². The number of aromatic nitrogens is 1. The summed E-state index contributed by atoms with van der Waals surface area (Å²) in [5.41, 5.74) is 5.15. The molecule has 1 heterocycles. The van der Waals surface area contributed by atoms with Crippen molar-refractivity contribution < 1.29 is 8.68 Å². The molecule has 0 radical (unpaired) electrons. The number of benzene rings is 2. The lowest BCUT2D eigenvalue weighted by Gasteiger charge is -2.11. The fourth-order valence-electron chi connectivity index (χ4n) is 2.64. The van der Waals surface area contributed by atoms with E-state index in [4.69, 9.17) is 4.11 Å². The molecule has 0 saturated carbocycles. The summed E-state index contributed by atoms with van der Waals surface area (Å²) in [5.74, 6) is 0. The fourth-order valence-corrected chi connectivity index (χ4v) is 2.64. The van der Waals surface area contributed by atoms with Crippen LogP contribution in [0.25, 0.3) is 22.4 Å². The molecule has 21 heavy (non-hydrogen) atoms. The van der Waals surface area contributed by atoms with Crippen molar-refractivity contribution in [3.05, 3.63) is 78.0 Å². The maximum Gasteiger partial charge on any atom is 0.212 e. The van der Waals surface area contributed by atoms with E-state index >= 15 is 0 Å². The van der Waals surface area contributed by atoms with Gasteiger partial charge in [0.05, 0.1) is 0 Å². The Labute approximate surface area is 130 Å². The Morgan fingerprint density at radius 3 is 2.33 bits per heavy atom. The van der Waals surface area contributed by atoms with Gasteiger partial charge in [0.25, 0.3) is 0 Å². The number of hydrogen-bond donors (Lipinski definition) is 0. The van der Waals surface area contributed by atoms with Gasteiger partial charge in [-0.25, -0.2) is 4.57 Å². The molecule has 0 aliphatic carbocycles. The van der Waals surface area contributed by atoms with Crippen LogP contribution in [0, 0.1) is 13.8 Å². The summed E-state index contributed by atoms with van der Waals surface area (Å²) in [6.45, 7) is -0.181. The average Bonchev–Trinajstić information content (AvgIpc) is 2.55. The van der Waals surface area contributed by atoms with Gasteiger partial charge < -0.3 is 0 Å². The highest BCUT2D eigenvalue weighted by Gasteiger charge is 2.14. The number of hydrogen-bond acceptors (Lipinski definition) is 0. The van der Waals surface area contributed by atoms with E-state index in [9.17, 15) is 0 Å². The van der Waals surface area contributed by atoms with Gasteiger partial charge in [-0.05, 0) is 48.2 Å². The van der Waals surface area contributed by atoms with Crippen LogP contribution < -0.4 is 4.57 Å². The zero-order chi connectivity index (χ0) is 17.3. The lowest BCUT2D eigenvalue weighted by molar-refractivity contribution is -0.660. The summed E-state index contributed by atoms with van der Waals surface area (Å²) in [5, 5.41) is 0. The molecular weight excluding hydrogens is 254 g/mol. The molecule has 0 saturated heterocycles. The predicted octanol–water partition coefficient (Wildman–Crippen LogP) is 4.46. The van der Waals surface area contributed by atoms with Crippen LogP contribution in [-0.4, -0.2) is 0 Å². The maximum atomic E-state index is 7.91. The zero-order valence-electron chi connectivity index (χ0n) is 15.3. The second kappa shape index (κ2) is 5.53. The van der Waals surface area contributed by atoms with Crippen molar-refractivity contribution in [1.29, 1.82) is 0 Å². The van der Waals surface area contributed by atoms with Crippen molar-refractivity contribution in [3.63, 3.8) is 0 Å². The SMILES string of the molecule is [2H]C([2H])([2H])c1cc(C)c(-c2cccc[n+]2C)cc1-c1ccccc1. The van der Waals surface area contributed by atoms with Gasteiger partial charge in [-0.2, -0.15) is 0 Å². The third-order valence-electron chi connectivity index (χ3n) is 3.78. The molecule has 2 aromatic carbocycles. The van der Waals surface area contributed by atoms with E-state index in [1.165, 1.54) is 0 Å². The lowest BCUT2D eigenvalue weighted by atomic mass is 9.93. The van der Waals surface area contributed by atoms with Crippen LogP contribution in [0.3, 0.4) is 0 Å². The molecule has 0 atom stereocenters. The molecular formula is C20H20N+. The van der Waals surface area contributed by atoms with Gasteiger partial charge in [0.1, 0.15) is 7.05 Å². The van der Waals surface area contributed by atoms with Gasteiger partial charge in [-0.1, -0.05) is 36.4 Å². The summed E-state index contributed by atoms with van der Waals surface area (Å²) >= 11 is 0. The first-order valence-corrected chi connectivity index (χ1v) is 7.03. The van der Waals surface area contributed by atoms with Crippen LogP contribution in [0.2, 0.25) is 0 Å². The van der Waals surface area contributed by atoms with Crippen molar-refractivity contribution in [2.75, 3.05) is 0 Å². The van der Waals surface area contributed by atoms with Crippen LogP contribution in [-0.2, 0) is 7.05 Å². The molecule has 1 heteroatoms. The highest BCUT2D eigenvalue weighted by molar-refractivity contribution is 5.75. The van der Waals surface area contributed by atoms with E-state index in [-0.39, 0.29) is 0 Å². The number of rotatable bonds is 2. The largest absolute Gasteiger partial charge is 0.212 e. The van der Waals surface area contributed by atoms with Crippen LogP contribution >= 0.6 is 0 Å². The molecule has 0 aliphatic heterocycles. The quantitative estimate of drug-likeness (QED) is 0.609. The Hall–Kier alpha value is -2.41. The fraction of sp³-hybridized carbons (Fsp3) is 0.150. The Bertz CT molecular complexity index is 868. The maximum absolute atomic E-state index is 7.91. The van der Waals surface area contributed by atoms with Gasteiger partial charge in [0.15, 0.2) is 6.20 Å². The monoisotopic (exact) mass is 277 g/mol. The van der Waals surface area contributed by atoms with E-state index in [1.807, 2.05) is 79.3 Å². The van der Waals surface area contributed by atoms with Crippen molar-refractivity contribution in [2.45, 2.75) is 13.8 Å². The molecule has 1 nitrogen and oxygen atoms in total. The molecule has 0 aliphatic rings. The third-order valence-corrected chi connectivity index (χ3v) is 3.78. The van der Waals surface area contributed by atoms with Crippen LogP contribution in [0.4, 0.5) is 0 Å². The van der Waals surface area contributed by atoms with Crippen molar-refractivity contribution in [1.82, 2.24) is 0 Å². The molecule has 3 rings (SSSR count). The molecule has 0 unspecified atom stereocenters. The first-order valence-electron chi connectivity index (χ1n) is 8.53. The van der Waals surface area contributed by atoms with Gasteiger partial charge in [0, 0.05) is 21.8 Å². The van der Waals surface area contributed by atoms with Crippen LogP contribution in [0.5, 0.6) is 0 Å². The van der Waals surface area contributed by atoms with Crippen molar-refractivity contribution in [2.24, 2.45) is 7.05 Å². The Balaban J connectivity index is 2.30. The first kappa shape index (κ1) is 10.3. The highest BCUT2D eigenvalue weighted by atomic mass is 14.9. The van der Waals surface area contributed by atoms with E-state index in [0.29, 0.717) is 5.56 Å². The van der Waals surface area contributed by atoms with E-state index in [1.54, 1.807) is 6.07 Å². The molecule has 0 bridgehead atoms. The minimum atomic E-state index is -2.15. The molecule has 0 N–H and O–H groups in total. The standard InChI is InChI=1S/C20H20N/c1-15-13-16(2)19(20-11-7-8-12-21(20)3)14-18(15)17-9-5-4-6-10-17/h4-14H,1-3H3/q+1/i1D3. The normalized spacial score (nSPS) is 13.3. The topological polar surface area (TPSA) is 3.88 Å². The van der Waals surface area contributed by atoms with E-state index in [2.05, 4.69) is 0 Å². The van der Waals surface area contributed by atoms with Crippen molar-refractivity contribution in [3.8, 4) is 22.4 Å². The number of aryl methyl sites for hydroxylation is 3. The minimum absolute atomic E-state index is 0.397. The van der Waals surface area contributed by atoms with Crippen LogP contribution in [0.1, 0.15) is 15.2 Å². The second-order valence-electron chi connectivity index (χ2n) is 5.28. The molecule has 1 aromatic heterocycles. The molecule has 0 spiro atoms. The van der Waals surface area contributed by atoms with E-state index in [0.717, 1.165) is 27.9 Å². The predicted molar refractivity (Wildman–Crippen MR) is 88.0 cm³/mol. The summed E-state index contributed by atoms with van der Waals surface area (Å²) in [6, 6.07) is 19.5. The molecule has 0 amide bonds. The van der Waals surface area contributed by atoms with Crippen molar-refractivity contribution >= 4 is 0 Å². The highest BCUT2D eigenvalue weighted by Crippen LogP contribution is 2.30. The minimum Gasteiger partial charge on any atom is -0.201 e. The van der Waals surface area contributed by atoms with Gasteiger partial charge in [-0.15, -0.1) is 0 Å². The summed E-state index contributed by atoms with van der Waals surface area (Å²) in [7, 11) is 1.99. The summed E-state index contributed by atoms with van der Waals surface area (Å²) in [4.78, 5) is 0. The smallest absolute Gasteiger partial charge is 0.201 e. The number of pyridine rings is 1. The van der Waals surface area contributed by atoms with Gasteiger partial charge >= 0.3 is 0 Å². The Morgan fingerprint density at radius 1 is 0.857 bits per heavy atom. The first-order chi connectivity index (χ1) is 11.4. The summed E-state index contributed by atoms with van der Waals surface area (Å²) < 4.78 is 25.8. The molecule has 3 aromatic rings.